The van der Waals surface area contributed by atoms with Gasteiger partial charge in [-0.25, -0.2) is 9.97 Å². The van der Waals surface area contributed by atoms with Crippen LogP contribution in [0.1, 0.15) is 0 Å². The molecule has 0 amide bonds. The summed E-state index contributed by atoms with van der Waals surface area (Å²) in [6.45, 7) is 0. The lowest BCUT2D eigenvalue weighted by atomic mass is 9.99. The van der Waals surface area contributed by atoms with Crippen molar-refractivity contribution in [2.24, 2.45) is 0 Å². The van der Waals surface area contributed by atoms with Gasteiger partial charge in [0, 0.05) is 17.3 Å². The van der Waals surface area contributed by atoms with Gasteiger partial charge in [-0.15, -0.1) is 0 Å². The first-order chi connectivity index (χ1) is 13.3. The number of nitrogens with one attached hydrogen (secondary N) is 1. The van der Waals surface area contributed by atoms with Gasteiger partial charge in [-0.1, -0.05) is 54.6 Å². The van der Waals surface area contributed by atoms with Crippen molar-refractivity contribution in [3.8, 4) is 28.3 Å². The van der Waals surface area contributed by atoms with Crippen LogP contribution in [-0.4, -0.2) is 22.1 Å². The van der Waals surface area contributed by atoms with Gasteiger partial charge in [0.25, 0.3) is 0 Å². The third-order valence-electron chi connectivity index (χ3n) is 4.78. The quantitative estimate of drug-likeness (QED) is 0.470. The van der Waals surface area contributed by atoms with Crippen LogP contribution in [0, 0.1) is 0 Å². The molecule has 5 aromatic rings. The average molecular weight is 351 g/mol. The van der Waals surface area contributed by atoms with Crippen LogP contribution in [-0.2, 0) is 0 Å². The van der Waals surface area contributed by atoms with E-state index in [1.165, 1.54) is 16.3 Å². The number of methoxy groups -OCH3 is 1. The maximum atomic E-state index is 5.31. The van der Waals surface area contributed by atoms with Gasteiger partial charge in [0.2, 0.25) is 0 Å². The molecule has 27 heavy (non-hydrogen) atoms. The summed E-state index contributed by atoms with van der Waals surface area (Å²) in [5, 5.41) is 2.44. The van der Waals surface area contributed by atoms with Gasteiger partial charge in [-0.3, -0.25) is 0 Å². The van der Waals surface area contributed by atoms with Gasteiger partial charge in [0.1, 0.15) is 11.6 Å². The molecule has 2 heterocycles. The molecule has 0 spiro atoms. The first-order valence-corrected chi connectivity index (χ1v) is 8.80. The third kappa shape index (κ3) is 2.72. The van der Waals surface area contributed by atoms with E-state index in [9.17, 15) is 0 Å². The van der Waals surface area contributed by atoms with Crippen LogP contribution in [0.3, 0.4) is 0 Å². The molecule has 3 aromatic carbocycles. The van der Waals surface area contributed by atoms with Crippen LogP contribution in [0.4, 0.5) is 0 Å². The molecular weight excluding hydrogens is 334 g/mol. The Labute approximate surface area is 156 Å². The zero-order chi connectivity index (χ0) is 18.2. The number of H-pyrrole nitrogens is 1. The molecule has 0 unspecified atom stereocenters. The first-order valence-electron chi connectivity index (χ1n) is 8.80. The molecule has 4 heteroatoms. The smallest absolute Gasteiger partial charge is 0.178 e. The molecule has 2 aromatic heterocycles. The SMILES string of the molecule is COc1cccc(-c2nc3ncc(-c4cccc5ccccc45)cc3[nH]2)c1. The zero-order valence-corrected chi connectivity index (χ0v) is 14.8. The van der Waals surface area contributed by atoms with Gasteiger partial charge < -0.3 is 9.72 Å². The van der Waals surface area contributed by atoms with Crippen molar-refractivity contribution >= 4 is 21.9 Å². The predicted molar refractivity (Wildman–Crippen MR) is 109 cm³/mol. The van der Waals surface area contributed by atoms with Crippen LogP contribution in [0.5, 0.6) is 5.75 Å². The number of aromatic amines is 1. The Morgan fingerprint density at radius 1 is 0.852 bits per heavy atom. The van der Waals surface area contributed by atoms with Crippen molar-refractivity contribution in [2.75, 3.05) is 7.11 Å². The summed E-state index contributed by atoms with van der Waals surface area (Å²) in [5.41, 5.74) is 4.83. The second kappa shape index (κ2) is 6.25. The van der Waals surface area contributed by atoms with Gasteiger partial charge in [-0.2, -0.15) is 0 Å². The number of fused-ring (bicyclic) bond motifs is 2. The number of rotatable bonds is 3. The molecule has 5 rings (SSSR count). The molecule has 0 atom stereocenters. The van der Waals surface area contributed by atoms with E-state index in [-0.39, 0.29) is 0 Å². The van der Waals surface area contributed by atoms with E-state index in [2.05, 4.69) is 63.5 Å². The number of imidazole rings is 1. The van der Waals surface area contributed by atoms with Crippen molar-refractivity contribution in [2.45, 2.75) is 0 Å². The summed E-state index contributed by atoms with van der Waals surface area (Å²) >= 11 is 0. The minimum atomic E-state index is 0.705. The lowest BCUT2D eigenvalue weighted by molar-refractivity contribution is 0.415. The Balaban J connectivity index is 1.63. The Morgan fingerprint density at radius 2 is 1.70 bits per heavy atom. The summed E-state index contributed by atoms with van der Waals surface area (Å²) in [6, 6.07) is 24.7. The standard InChI is InChI=1S/C23H17N3O/c1-27-18-9-4-8-16(12-18)22-25-21-13-17(14-24-23(21)26-22)20-11-5-7-15-6-2-3-10-19(15)20/h2-14H,1H3,(H,24,25,26). The third-order valence-corrected chi connectivity index (χ3v) is 4.78. The van der Waals surface area contributed by atoms with Gasteiger partial charge in [0.15, 0.2) is 5.65 Å². The molecule has 130 valence electrons. The van der Waals surface area contributed by atoms with E-state index in [1.807, 2.05) is 30.5 Å². The van der Waals surface area contributed by atoms with E-state index in [0.29, 0.717) is 5.65 Å². The van der Waals surface area contributed by atoms with Crippen LogP contribution in [0.25, 0.3) is 44.5 Å². The van der Waals surface area contributed by atoms with Gasteiger partial charge >= 0.3 is 0 Å². The van der Waals surface area contributed by atoms with E-state index < -0.39 is 0 Å². The van der Waals surface area contributed by atoms with Gasteiger partial charge in [0.05, 0.1) is 12.6 Å². The minimum Gasteiger partial charge on any atom is -0.497 e. The monoisotopic (exact) mass is 351 g/mol. The number of benzene rings is 3. The maximum absolute atomic E-state index is 5.31. The molecule has 0 aliphatic heterocycles. The summed E-state index contributed by atoms with van der Waals surface area (Å²) in [7, 11) is 1.66. The highest BCUT2D eigenvalue weighted by Crippen LogP contribution is 2.30. The summed E-state index contributed by atoms with van der Waals surface area (Å²) in [6.07, 6.45) is 1.89. The van der Waals surface area contributed by atoms with Crippen LogP contribution in [0.2, 0.25) is 0 Å². The summed E-state index contributed by atoms with van der Waals surface area (Å²) in [5.74, 6) is 1.59. The fraction of sp³-hybridized carbons (Fsp3) is 0.0435. The van der Waals surface area contributed by atoms with Crippen molar-refractivity contribution < 1.29 is 4.74 Å². The summed E-state index contributed by atoms with van der Waals surface area (Å²) < 4.78 is 5.31. The van der Waals surface area contributed by atoms with E-state index >= 15 is 0 Å². The van der Waals surface area contributed by atoms with Crippen molar-refractivity contribution in [1.82, 2.24) is 15.0 Å². The highest BCUT2D eigenvalue weighted by atomic mass is 16.5. The Morgan fingerprint density at radius 3 is 2.63 bits per heavy atom. The van der Waals surface area contributed by atoms with Crippen molar-refractivity contribution in [1.29, 1.82) is 0 Å². The van der Waals surface area contributed by atoms with Crippen LogP contribution >= 0.6 is 0 Å². The Bertz CT molecular complexity index is 1270. The Kier molecular flexibility index (Phi) is 3.61. The molecule has 1 N–H and O–H groups in total. The normalized spacial score (nSPS) is 11.1. The number of pyridine rings is 1. The van der Waals surface area contributed by atoms with Crippen LogP contribution < -0.4 is 4.74 Å². The van der Waals surface area contributed by atoms with Crippen molar-refractivity contribution in [3.63, 3.8) is 0 Å². The molecule has 0 saturated carbocycles. The number of ether oxygens (including phenoxy) is 1. The molecule has 0 fully saturated rings. The van der Waals surface area contributed by atoms with Gasteiger partial charge in [-0.05, 0) is 34.5 Å². The highest BCUT2D eigenvalue weighted by Gasteiger charge is 2.10. The van der Waals surface area contributed by atoms with E-state index in [4.69, 9.17) is 4.74 Å². The van der Waals surface area contributed by atoms with E-state index in [0.717, 1.165) is 28.2 Å². The topological polar surface area (TPSA) is 50.8 Å². The zero-order valence-electron chi connectivity index (χ0n) is 14.8. The fourth-order valence-electron chi connectivity index (χ4n) is 3.43. The van der Waals surface area contributed by atoms with Crippen molar-refractivity contribution in [3.05, 3.63) is 79.0 Å². The van der Waals surface area contributed by atoms with Crippen LogP contribution in [0.15, 0.2) is 79.0 Å². The number of hydrogen-bond acceptors (Lipinski definition) is 3. The average Bonchev–Trinajstić information content (AvgIpc) is 3.17. The largest absolute Gasteiger partial charge is 0.497 e. The first kappa shape index (κ1) is 15.6. The molecule has 0 saturated heterocycles. The molecule has 0 aliphatic rings. The Hall–Kier alpha value is -3.66. The predicted octanol–water partition coefficient (Wildman–Crippen LogP) is 5.45. The maximum Gasteiger partial charge on any atom is 0.178 e. The molecule has 4 nitrogen and oxygen atoms in total. The number of aromatic nitrogens is 3. The molecular formula is C23H17N3O. The van der Waals surface area contributed by atoms with E-state index in [1.54, 1.807) is 7.11 Å². The number of hydrogen-bond donors (Lipinski definition) is 1. The highest BCUT2D eigenvalue weighted by molar-refractivity contribution is 5.97. The second-order valence-corrected chi connectivity index (χ2v) is 6.44. The number of nitrogens with zero attached hydrogens (tertiary/aromatic N) is 2. The molecule has 0 radical (unpaired) electrons. The molecule has 0 aliphatic carbocycles. The fourth-order valence-corrected chi connectivity index (χ4v) is 3.43. The lowest BCUT2D eigenvalue weighted by Crippen LogP contribution is -1.84. The lowest BCUT2D eigenvalue weighted by Gasteiger charge is -2.06. The molecule has 0 bridgehead atoms. The summed E-state index contributed by atoms with van der Waals surface area (Å²) in [4.78, 5) is 12.6. The minimum absolute atomic E-state index is 0.705. The second-order valence-electron chi connectivity index (χ2n) is 6.44.